The van der Waals surface area contributed by atoms with Gasteiger partial charge in [-0.25, -0.2) is 9.59 Å². The molecule has 0 saturated carbocycles. The van der Waals surface area contributed by atoms with Gasteiger partial charge in [-0.3, -0.25) is 4.90 Å². The average molecular weight is 396 g/mol. The van der Waals surface area contributed by atoms with Crippen molar-refractivity contribution >= 4 is 11.9 Å². The summed E-state index contributed by atoms with van der Waals surface area (Å²) in [4.78, 5) is 21.7. The van der Waals surface area contributed by atoms with E-state index in [9.17, 15) is 9.59 Å². The lowest BCUT2D eigenvalue weighted by Gasteiger charge is -2.28. The van der Waals surface area contributed by atoms with Crippen LogP contribution in [0.2, 0.25) is 0 Å². The maximum atomic E-state index is 9.55. The van der Waals surface area contributed by atoms with Crippen LogP contribution in [0.5, 0.6) is 0 Å². The Hall–Kier alpha value is -2.96. The first-order chi connectivity index (χ1) is 14.0. The number of carboxylic acid groups (broad SMARTS) is 2. The molecule has 6 nitrogen and oxygen atoms in total. The zero-order valence-electron chi connectivity index (χ0n) is 16.6. The lowest BCUT2D eigenvalue weighted by molar-refractivity contribution is -0.134. The largest absolute Gasteiger partial charge is 0.478 e. The van der Waals surface area contributed by atoms with Gasteiger partial charge in [0.1, 0.15) is 0 Å². The van der Waals surface area contributed by atoms with Gasteiger partial charge in [0, 0.05) is 31.3 Å². The summed E-state index contributed by atoms with van der Waals surface area (Å²) in [6, 6.07) is 20.2. The van der Waals surface area contributed by atoms with Crippen LogP contribution in [0.15, 0.2) is 66.7 Å². The van der Waals surface area contributed by atoms with Crippen LogP contribution in [0.3, 0.4) is 0 Å². The van der Waals surface area contributed by atoms with E-state index < -0.39 is 11.9 Å². The van der Waals surface area contributed by atoms with Crippen molar-refractivity contribution < 1.29 is 19.8 Å². The number of benzene rings is 2. The van der Waals surface area contributed by atoms with Gasteiger partial charge < -0.3 is 15.5 Å². The Balaban J connectivity index is 0.000000321. The standard InChI is InChI=1S/C19H24N2.C4H4O4/c1-2-21(18-12-13-20-14-18)15-17-10-6-7-11-19(17)16-8-4-3-5-9-16;5-3(6)1-2-4(7)8/h3-11,18,20H,2,12-15H2,1H3;1-2H,(H,5,6)(H,7,8)/t18-;/m0./s1. The SMILES string of the molecule is CCN(Cc1ccccc1-c1ccccc1)[C@H]1CCNC1.O=C(O)C=CC(=O)O. The fraction of sp³-hybridized carbons (Fsp3) is 0.304. The normalized spacial score (nSPS) is 15.9. The van der Waals surface area contributed by atoms with Gasteiger partial charge >= 0.3 is 11.9 Å². The molecular formula is C23H28N2O4. The van der Waals surface area contributed by atoms with Gasteiger partial charge in [0.05, 0.1) is 0 Å². The van der Waals surface area contributed by atoms with E-state index in [4.69, 9.17) is 10.2 Å². The number of carbonyl (C=O) groups is 2. The van der Waals surface area contributed by atoms with Gasteiger partial charge in [-0.2, -0.15) is 0 Å². The highest BCUT2D eigenvalue weighted by Crippen LogP contribution is 2.25. The van der Waals surface area contributed by atoms with E-state index in [0.29, 0.717) is 18.2 Å². The Morgan fingerprint density at radius 3 is 2.21 bits per heavy atom. The zero-order chi connectivity index (χ0) is 21.1. The number of carboxylic acids is 2. The second kappa shape index (κ2) is 11.8. The molecule has 29 heavy (non-hydrogen) atoms. The van der Waals surface area contributed by atoms with Crippen molar-refractivity contribution in [1.82, 2.24) is 10.2 Å². The molecule has 0 radical (unpaired) electrons. The van der Waals surface area contributed by atoms with Crippen LogP contribution in [-0.4, -0.2) is 52.7 Å². The van der Waals surface area contributed by atoms with Crippen LogP contribution in [0.25, 0.3) is 11.1 Å². The maximum absolute atomic E-state index is 9.55. The summed E-state index contributed by atoms with van der Waals surface area (Å²) in [6.45, 7) is 6.69. The molecule has 1 fully saturated rings. The van der Waals surface area contributed by atoms with Crippen molar-refractivity contribution in [2.45, 2.75) is 25.9 Å². The molecule has 1 heterocycles. The van der Waals surface area contributed by atoms with Crippen LogP contribution < -0.4 is 5.32 Å². The molecule has 0 unspecified atom stereocenters. The summed E-state index contributed by atoms with van der Waals surface area (Å²) in [5, 5.41) is 19.1. The number of nitrogens with zero attached hydrogens (tertiary/aromatic N) is 1. The van der Waals surface area contributed by atoms with Gasteiger partial charge in [0.15, 0.2) is 0 Å². The third kappa shape index (κ3) is 7.52. The highest BCUT2D eigenvalue weighted by Gasteiger charge is 2.21. The quantitative estimate of drug-likeness (QED) is 0.623. The Kier molecular flexibility index (Phi) is 9.08. The molecule has 0 spiro atoms. The lowest BCUT2D eigenvalue weighted by Crippen LogP contribution is -2.36. The molecule has 0 bridgehead atoms. The van der Waals surface area contributed by atoms with Crippen molar-refractivity contribution in [3.63, 3.8) is 0 Å². The third-order valence-corrected chi connectivity index (χ3v) is 4.80. The lowest BCUT2D eigenvalue weighted by atomic mass is 9.99. The first-order valence-corrected chi connectivity index (χ1v) is 9.73. The molecule has 0 aliphatic carbocycles. The Morgan fingerprint density at radius 1 is 1.03 bits per heavy atom. The molecule has 3 rings (SSSR count). The first kappa shape index (κ1) is 22.3. The Bertz CT molecular complexity index is 799. The molecule has 0 amide bonds. The molecule has 0 aromatic heterocycles. The van der Waals surface area contributed by atoms with Crippen molar-refractivity contribution in [1.29, 1.82) is 0 Å². The van der Waals surface area contributed by atoms with E-state index in [2.05, 4.69) is 71.7 Å². The van der Waals surface area contributed by atoms with E-state index in [1.165, 1.54) is 23.1 Å². The van der Waals surface area contributed by atoms with E-state index in [1.807, 2.05) is 0 Å². The molecule has 1 saturated heterocycles. The second-order valence-electron chi connectivity index (χ2n) is 6.74. The summed E-state index contributed by atoms with van der Waals surface area (Å²) < 4.78 is 0. The van der Waals surface area contributed by atoms with E-state index in [-0.39, 0.29) is 0 Å². The summed E-state index contributed by atoms with van der Waals surface area (Å²) in [5.74, 6) is -2.51. The van der Waals surface area contributed by atoms with E-state index in [1.54, 1.807) is 0 Å². The van der Waals surface area contributed by atoms with Crippen molar-refractivity contribution in [3.8, 4) is 11.1 Å². The minimum Gasteiger partial charge on any atom is -0.478 e. The minimum absolute atomic E-state index is 0.558. The fourth-order valence-corrected chi connectivity index (χ4v) is 3.37. The topological polar surface area (TPSA) is 89.9 Å². The van der Waals surface area contributed by atoms with Crippen molar-refractivity contribution in [3.05, 3.63) is 72.3 Å². The smallest absolute Gasteiger partial charge is 0.328 e. The van der Waals surface area contributed by atoms with Crippen molar-refractivity contribution in [2.75, 3.05) is 19.6 Å². The number of hydrogen-bond donors (Lipinski definition) is 3. The van der Waals surface area contributed by atoms with E-state index >= 15 is 0 Å². The summed E-state index contributed by atoms with van der Waals surface area (Å²) in [7, 11) is 0. The van der Waals surface area contributed by atoms with Gasteiger partial charge in [-0.15, -0.1) is 0 Å². The Labute approximate surface area is 171 Å². The minimum atomic E-state index is -1.26. The molecule has 3 N–H and O–H groups in total. The molecule has 154 valence electrons. The summed E-state index contributed by atoms with van der Waals surface area (Å²) in [5.41, 5.74) is 4.11. The van der Waals surface area contributed by atoms with Gasteiger partial charge in [0.25, 0.3) is 0 Å². The number of nitrogens with one attached hydrogen (secondary N) is 1. The van der Waals surface area contributed by atoms with Crippen LogP contribution in [0.1, 0.15) is 18.9 Å². The van der Waals surface area contributed by atoms with Gasteiger partial charge in [-0.05, 0) is 36.2 Å². The number of rotatable bonds is 7. The first-order valence-electron chi connectivity index (χ1n) is 9.73. The molecule has 2 aromatic rings. The predicted octanol–water partition coefficient (Wildman–Crippen LogP) is 3.25. The fourth-order valence-electron chi connectivity index (χ4n) is 3.37. The monoisotopic (exact) mass is 396 g/mol. The van der Waals surface area contributed by atoms with Crippen LogP contribution in [0, 0.1) is 0 Å². The highest BCUT2D eigenvalue weighted by atomic mass is 16.4. The average Bonchev–Trinajstić information content (AvgIpc) is 3.26. The molecule has 6 heteroatoms. The van der Waals surface area contributed by atoms with Crippen LogP contribution in [-0.2, 0) is 16.1 Å². The highest BCUT2D eigenvalue weighted by molar-refractivity contribution is 5.89. The molecule has 1 aliphatic rings. The zero-order valence-corrected chi connectivity index (χ0v) is 16.6. The second-order valence-corrected chi connectivity index (χ2v) is 6.74. The van der Waals surface area contributed by atoms with Gasteiger partial charge in [0.2, 0.25) is 0 Å². The predicted molar refractivity (Wildman–Crippen MR) is 114 cm³/mol. The number of hydrogen-bond acceptors (Lipinski definition) is 4. The maximum Gasteiger partial charge on any atom is 0.328 e. The third-order valence-electron chi connectivity index (χ3n) is 4.80. The van der Waals surface area contributed by atoms with E-state index in [0.717, 1.165) is 26.2 Å². The molecule has 1 aliphatic heterocycles. The molecule has 1 atom stereocenters. The van der Waals surface area contributed by atoms with Crippen LogP contribution in [0.4, 0.5) is 0 Å². The molecule has 2 aromatic carbocycles. The summed E-state index contributed by atoms with van der Waals surface area (Å²) in [6.07, 6.45) is 2.38. The Morgan fingerprint density at radius 2 is 1.66 bits per heavy atom. The number of aliphatic carboxylic acids is 2. The van der Waals surface area contributed by atoms with Crippen LogP contribution >= 0.6 is 0 Å². The number of likely N-dealkylation sites (N-methyl/N-ethyl adjacent to an activating group) is 1. The van der Waals surface area contributed by atoms with Crippen molar-refractivity contribution in [2.24, 2.45) is 0 Å². The van der Waals surface area contributed by atoms with Gasteiger partial charge in [-0.1, -0.05) is 61.5 Å². The summed E-state index contributed by atoms with van der Waals surface area (Å²) >= 11 is 0. The molecular weight excluding hydrogens is 368 g/mol.